The van der Waals surface area contributed by atoms with Gasteiger partial charge in [-0.25, -0.2) is 13.6 Å². The fourth-order valence-electron chi connectivity index (χ4n) is 12.2. The van der Waals surface area contributed by atoms with Gasteiger partial charge < -0.3 is 35.4 Å². The molecular weight excluding hydrogens is 954 g/mol. The topological polar surface area (TPSA) is 167 Å². The van der Waals surface area contributed by atoms with Crippen LogP contribution in [0.4, 0.5) is 19.3 Å². The Morgan fingerprint density at radius 3 is 2.32 bits per heavy atom. The Morgan fingerprint density at radius 2 is 1.60 bits per heavy atom. The van der Waals surface area contributed by atoms with Crippen molar-refractivity contribution in [2.24, 2.45) is 17.6 Å². The summed E-state index contributed by atoms with van der Waals surface area (Å²) in [5.41, 5.74) is 7.49. The second-order valence-electron chi connectivity index (χ2n) is 20.6. The number of fused-ring (bicyclic) bond motifs is 2. The third-order valence-corrected chi connectivity index (χ3v) is 16.7. The van der Waals surface area contributed by atoms with Crippen LogP contribution >= 0.6 is 11.6 Å². The number of aliphatic hydroxyl groups is 1. The zero-order valence-corrected chi connectivity index (χ0v) is 41.9. The number of carbonyl (C=O) groups is 4. The Bertz CT molecular complexity index is 2900. The Balaban J connectivity index is 0.724. The van der Waals surface area contributed by atoms with Crippen LogP contribution < -0.4 is 30.7 Å². The highest BCUT2D eigenvalue weighted by Crippen LogP contribution is 2.56. The maximum atomic E-state index is 16.5. The van der Waals surface area contributed by atoms with Gasteiger partial charge in [0.1, 0.15) is 18.2 Å². The highest BCUT2D eigenvalue weighted by Gasteiger charge is 2.50. The van der Waals surface area contributed by atoms with Crippen molar-refractivity contribution >= 4 is 51.8 Å². The van der Waals surface area contributed by atoms with Gasteiger partial charge in [0.25, 0.3) is 0 Å². The highest BCUT2D eigenvalue weighted by atomic mass is 35.5. The quantitative estimate of drug-likeness (QED) is 0.0849. The number of primary amides is 1. The fourth-order valence-corrected chi connectivity index (χ4v) is 12.5. The van der Waals surface area contributed by atoms with Crippen molar-refractivity contribution in [1.82, 2.24) is 20.4 Å². The van der Waals surface area contributed by atoms with E-state index in [1.807, 2.05) is 49.4 Å². The predicted molar refractivity (Wildman–Crippen MR) is 276 cm³/mol. The van der Waals surface area contributed by atoms with Gasteiger partial charge in [-0.1, -0.05) is 73.1 Å². The normalized spacial score (nSPS) is 23.1. The molecule has 1 aliphatic carbocycles. The van der Waals surface area contributed by atoms with Crippen molar-refractivity contribution in [2.45, 2.75) is 88.2 Å². The number of hydrogen-bond acceptors (Lipinski definition) is 9. The van der Waals surface area contributed by atoms with Crippen LogP contribution in [0.5, 0.6) is 11.5 Å². The van der Waals surface area contributed by atoms with Gasteiger partial charge in [-0.15, -0.1) is 0 Å². The average Bonchev–Trinajstić information content (AvgIpc) is 3.69. The van der Waals surface area contributed by atoms with Crippen molar-refractivity contribution < 1.29 is 42.5 Å². The first kappa shape index (κ1) is 50.4. The maximum absolute atomic E-state index is 16.5. The summed E-state index contributed by atoms with van der Waals surface area (Å²) in [6.07, 6.45) is 7.59. The number of hydrogen-bond donors (Lipinski definition) is 4. The summed E-state index contributed by atoms with van der Waals surface area (Å²) in [4.78, 5) is 57.1. The van der Waals surface area contributed by atoms with Crippen molar-refractivity contribution in [3.63, 3.8) is 0 Å². The Labute approximate surface area is 429 Å². The van der Waals surface area contributed by atoms with Crippen molar-refractivity contribution in [3.05, 3.63) is 124 Å². The molecule has 13 nitrogen and oxygen atoms in total. The van der Waals surface area contributed by atoms with Gasteiger partial charge in [-0.05, 0) is 122 Å². The molecule has 384 valence electrons. The Kier molecular flexibility index (Phi) is 14.8. The van der Waals surface area contributed by atoms with Gasteiger partial charge in [-0.3, -0.25) is 24.6 Å². The molecule has 2 atom stereocenters. The number of nitrogens with two attached hydrogens (primary N) is 1. The number of rotatable bonds is 14. The zero-order valence-electron chi connectivity index (χ0n) is 41.1. The Hall–Kier alpha value is -6.13. The van der Waals surface area contributed by atoms with Crippen LogP contribution in [0.3, 0.4) is 0 Å². The first-order valence-corrected chi connectivity index (χ1v) is 26.2. The van der Waals surface area contributed by atoms with E-state index in [1.54, 1.807) is 4.90 Å². The standard InChI is InChI=1S/C57H63ClF2N6O7/c1-34-49-47(31-45(59)52(58)51(49)50-44(54(61)69)15-16-46(53(50)60)72-28-27-67)73-57(34,41-5-3-2-4-6-41)33-62-42-12-9-37(10-13-42)55(70)65-24-17-35(18-25-65)32-64-22-19-36(20-23-64)38-7-8-40-30-43(14-11-39(40)29-38)66-26-21-48(68)63-56(66)71/h2-8,11,14-16,29-31,34-37,42,62,67H,9-10,12-13,17-28,32-33H2,1H3,(H2,61,69)(H,63,68,71). The summed E-state index contributed by atoms with van der Waals surface area (Å²) in [6.45, 7) is 6.74. The number of piperidine rings is 2. The molecule has 10 rings (SSSR count). The van der Waals surface area contributed by atoms with Crippen LogP contribution in [-0.4, -0.2) is 104 Å². The lowest BCUT2D eigenvalue weighted by atomic mass is 9.77. The van der Waals surface area contributed by atoms with Crippen LogP contribution in [0.25, 0.3) is 21.9 Å². The molecule has 5 aromatic carbocycles. The number of nitrogens with one attached hydrogen (secondary N) is 2. The van der Waals surface area contributed by atoms with Gasteiger partial charge in [0.2, 0.25) is 17.7 Å². The van der Waals surface area contributed by atoms with Gasteiger partial charge in [0, 0.05) is 85.5 Å². The molecule has 5 aromatic rings. The number of urea groups is 1. The zero-order chi connectivity index (χ0) is 51.0. The highest BCUT2D eigenvalue weighted by molar-refractivity contribution is 6.34. The monoisotopic (exact) mass is 1020 g/mol. The summed E-state index contributed by atoms with van der Waals surface area (Å²) in [5.74, 6) is -2.37. The van der Waals surface area contributed by atoms with Crippen molar-refractivity contribution in [2.75, 3.05) is 63.9 Å². The third-order valence-electron chi connectivity index (χ3n) is 16.3. The number of imide groups is 1. The number of nitrogens with zero attached hydrogens (tertiary/aromatic N) is 3. The van der Waals surface area contributed by atoms with Crippen LogP contribution in [0.1, 0.15) is 104 Å². The van der Waals surface area contributed by atoms with Crippen LogP contribution in [0.15, 0.2) is 84.9 Å². The number of carbonyl (C=O) groups excluding carboxylic acids is 4. The van der Waals surface area contributed by atoms with Gasteiger partial charge in [-0.2, -0.15) is 0 Å². The number of aliphatic hydroxyl groups excluding tert-OH is 1. The second-order valence-corrected chi connectivity index (χ2v) is 21.0. The summed E-state index contributed by atoms with van der Waals surface area (Å²) < 4.78 is 44.6. The van der Waals surface area contributed by atoms with E-state index in [9.17, 15) is 24.3 Å². The number of benzene rings is 5. The van der Waals surface area contributed by atoms with Crippen LogP contribution in [0, 0.1) is 23.5 Å². The summed E-state index contributed by atoms with van der Waals surface area (Å²) >= 11 is 6.73. The molecule has 0 radical (unpaired) electrons. The molecular formula is C57H63ClF2N6O7. The van der Waals surface area contributed by atoms with E-state index in [2.05, 4.69) is 44.7 Å². The molecule has 3 saturated heterocycles. The molecule has 0 aromatic heterocycles. The minimum Gasteiger partial charge on any atom is -0.488 e. The molecule has 16 heteroatoms. The molecule has 0 bridgehead atoms. The maximum Gasteiger partial charge on any atom is 0.328 e. The van der Waals surface area contributed by atoms with E-state index in [0.717, 1.165) is 106 Å². The molecule has 1 saturated carbocycles. The minimum atomic E-state index is -1.10. The number of anilines is 1. The molecule has 4 heterocycles. The number of amides is 5. The fraction of sp³-hybridized carbons (Fsp3) is 0.439. The van der Waals surface area contributed by atoms with E-state index in [-0.39, 0.29) is 76.2 Å². The first-order valence-electron chi connectivity index (χ1n) is 25.8. The number of likely N-dealkylation sites (tertiary alicyclic amines) is 2. The summed E-state index contributed by atoms with van der Waals surface area (Å²) in [6, 6.07) is 25.8. The van der Waals surface area contributed by atoms with Crippen molar-refractivity contribution in [1.29, 1.82) is 0 Å². The molecule has 5 N–H and O–H groups in total. The van der Waals surface area contributed by atoms with E-state index in [1.165, 1.54) is 23.8 Å². The Morgan fingerprint density at radius 1 is 0.877 bits per heavy atom. The molecule has 4 aliphatic heterocycles. The van der Waals surface area contributed by atoms with E-state index < -0.39 is 29.1 Å². The smallest absolute Gasteiger partial charge is 0.328 e. The third kappa shape index (κ3) is 10.1. The molecule has 73 heavy (non-hydrogen) atoms. The number of ether oxygens (including phenoxy) is 2. The van der Waals surface area contributed by atoms with Gasteiger partial charge in [0.05, 0.1) is 17.2 Å². The van der Waals surface area contributed by atoms with Crippen LogP contribution in [0.2, 0.25) is 5.02 Å². The SMILES string of the molecule is CC1c2c(cc(F)c(Cl)c2-c2c(C(N)=O)ccc(OCCO)c2F)OC1(CNC1CCC(C(=O)N2CCC(CN3CCC(c4ccc5cc(N6CCC(=O)NC6=O)ccc5c4)CC3)CC2)CC1)c1ccccc1. The predicted octanol–water partition coefficient (Wildman–Crippen LogP) is 9.01. The first-order chi connectivity index (χ1) is 35.3. The van der Waals surface area contributed by atoms with E-state index >= 15 is 8.78 Å². The largest absolute Gasteiger partial charge is 0.488 e. The van der Waals surface area contributed by atoms with Gasteiger partial charge >= 0.3 is 6.03 Å². The molecule has 4 fully saturated rings. The van der Waals surface area contributed by atoms with Gasteiger partial charge in [0.15, 0.2) is 17.2 Å². The lowest BCUT2D eigenvalue weighted by Crippen LogP contribution is -2.49. The molecule has 5 aliphatic rings. The van der Waals surface area contributed by atoms with Crippen molar-refractivity contribution in [3.8, 4) is 22.6 Å². The summed E-state index contributed by atoms with van der Waals surface area (Å²) in [7, 11) is 0. The second kappa shape index (κ2) is 21.4. The number of halogens is 3. The lowest BCUT2D eigenvalue weighted by Gasteiger charge is -2.40. The average molecular weight is 1020 g/mol. The van der Waals surface area contributed by atoms with E-state index in [4.69, 9.17) is 26.8 Å². The summed E-state index contributed by atoms with van der Waals surface area (Å²) in [5, 5.41) is 17.4. The molecule has 0 spiro atoms. The minimum absolute atomic E-state index is 0.0398. The van der Waals surface area contributed by atoms with Crippen LogP contribution in [-0.2, 0) is 15.2 Å². The molecule has 2 unspecified atom stereocenters. The molecule has 5 amide bonds. The lowest BCUT2D eigenvalue weighted by molar-refractivity contribution is -0.138. The van der Waals surface area contributed by atoms with E-state index in [0.29, 0.717) is 36.9 Å².